The van der Waals surface area contributed by atoms with Crippen molar-refractivity contribution < 1.29 is 88.2 Å². The quantitative estimate of drug-likeness (QED) is 0.0366. The number of rotatable bonds is 38. The number of urea groups is 1. The summed E-state index contributed by atoms with van der Waals surface area (Å²) in [5, 5.41) is 78.1. The van der Waals surface area contributed by atoms with Crippen LogP contribution in [0.15, 0.2) is 66.7 Å². The van der Waals surface area contributed by atoms with Crippen LogP contribution in [0.5, 0.6) is 0 Å². The summed E-state index contributed by atoms with van der Waals surface area (Å²) >= 11 is 0. The van der Waals surface area contributed by atoms with Crippen LogP contribution in [0.4, 0.5) is 4.79 Å². The van der Waals surface area contributed by atoms with Gasteiger partial charge in [-0.3, -0.25) is 62.8 Å². The molecule has 3 aromatic carbocycles. The fourth-order valence-corrected chi connectivity index (χ4v) is 11.9. The van der Waals surface area contributed by atoms with Crippen molar-refractivity contribution in [2.24, 2.45) is 17.8 Å². The zero-order valence-corrected chi connectivity index (χ0v) is 55.8. The lowest BCUT2D eigenvalue weighted by molar-refractivity contribution is -0.141. The molecule has 7 amide bonds. The third-order valence-electron chi connectivity index (χ3n) is 17.5. The standard InChI is InChI=1S/C68H99N11O18/c1-44(2)36-46-14-19-49(20-15-46)45(3)62(89)69-26-8-6-12-53(72-57(80)40-76-28-30-77(41-59(83)84)32-34-79(43-61(87)88)35-33-78(31-29-76)42-60(85)86)64(91)71-39-47-16-22-51(23-17-47)63(90)73-56(38-48-18-21-50-10-4-5-11-52(50)37-48)65(92)70-27-9-7-13-54(66(93)94)74-68(97)75-55(67(95)96)24-25-58(81)82/h4-5,10-11,14-15,18-21,37,44-45,47,51,53-56H,6-9,12-13,16-17,22-36,38-43H2,1-3H3,(H,69,89)(H,70,92)(H,71,91)(H,72,80)(H,73,90)(H,81,82)(H,83,84)(H,85,86)(H,87,88)(H,93,94)(H,95,96)(H2,74,75,97). The van der Waals surface area contributed by atoms with Crippen LogP contribution in [-0.4, -0.2) is 244 Å². The van der Waals surface area contributed by atoms with Crippen molar-refractivity contribution in [3.8, 4) is 0 Å². The second-order valence-corrected chi connectivity index (χ2v) is 25.8. The SMILES string of the molecule is CC(C)Cc1ccc(C(C)C(=O)NCCCCC(NC(=O)CN2CCN(CC(=O)O)CCN(CC(=O)O)CCN(CC(=O)O)CC2)C(=O)NCC2CCC(C(=O)NC(Cc3ccc4ccccc4c3)C(=O)NCCCCC(NC(=O)NC(CCC(=O)O)C(=O)O)C(=O)O)CC2)cc1. The van der Waals surface area contributed by atoms with Crippen molar-refractivity contribution in [1.29, 1.82) is 0 Å². The highest BCUT2D eigenvalue weighted by molar-refractivity contribution is 5.90. The smallest absolute Gasteiger partial charge is 0.326 e. The third-order valence-corrected chi connectivity index (χ3v) is 17.5. The fourth-order valence-electron chi connectivity index (χ4n) is 11.9. The van der Waals surface area contributed by atoms with E-state index in [-0.39, 0.29) is 141 Å². The Balaban J connectivity index is 1.21. The highest BCUT2D eigenvalue weighted by Gasteiger charge is 2.32. The van der Waals surface area contributed by atoms with E-state index in [1.807, 2.05) is 73.7 Å². The van der Waals surface area contributed by atoms with Crippen LogP contribution in [0.2, 0.25) is 0 Å². The fraction of sp³-hybridized carbons (Fsp3) is 0.588. The Kier molecular flexibility index (Phi) is 33.6. The molecule has 0 bridgehead atoms. The first kappa shape index (κ1) is 78.9. The number of carbonyl (C=O) groups is 12. The zero-order valence-electron chi connectivity index (χ0n) is 55.8. The molecule has 1 aliphatic carbocycles. The molecule has 1 saturated carbocycles. The number of unbranched alkanes of at least 4 members (excludes halogenated alkanes) is 2. The Hall–Kier alpha value is -8.80. The minimum Gasteiger partial charge on any atom is -0.481 e. The molecule has 97 heavy (non-hydrogen) atoms. The molecule has 1 aliphatic heterocycles. The van der Waals surface area contributed by atoms with Crippen LogP contribution in [0.25, 0.3) is 10.8 Å². The van der Waals surface area contributed by atoms with E-state index >= 15 is 0 Å². The monoisotopic (exact) mass is 1360 g/mol. The molecule has 13 N–H and O–H groups in total. The molecule has 3 aromatic rings. The van der Waals surface area contributed by atoms with E-state index < -0.39 is 108 Å². The first-order valence-corrected chi connectivity index (χ1v) is 33.5. The summed E-state index contributed by atoms with van der Waals surface area (Å²) in [4.78, 5) is 159. The number of carboxylic acid groups (broad SMARTS) is 6. The normalized spacial score (nSPS) is 17.7. The van der Waals surface area contributed by atoms with Gasteiger partial charge in [0.25, 0.3) is 0 Å². The minimum absolute atomic E-state index is 0.0542. The maximum Gasteiger partial charge on any atom is 0.326 e. The van der Waals surface area contributed by atoms with Gasteiger partial charge >= 0.3 is 41.8 Å². The number of benzene rings is 3. The third kappa shape index (κ3) is 30.0. The van der Waals surface area contributed by atoms with E-state index in [0.29, 0.717) is 51.0 Å². The molecule has 5 unspecified atom stereocenters. The van der Waals surface area contributed by atoms with E-state index in [4.69, 9.17) is 5.11 Å². The number of carboxylic acids is 6. The molecule has 29 heteroatoms. The lowest BCUT2D eigenvalue weighted by Gasteiger charge is -2.33. The van der Waals surface area contributed by atoms with Crippen LogP contribution in [0.1, 0.15) is 120 Å². The maximum atomic E-state index is 14.3. The average molecular weight is 1360 g/mol. The molecular weight excluding hydrogens is 1260 g/mol. The van der Waals surface area contributed by atoms with E-state index in [1.54, 1.807) is 19.6 Å². The van der Waals surface area contributed by atoms with Gasteiger partial charge in [-0.05, 0) is 123 Å². The molecule has 5 atom stereocenters. The van der Waals surface area contributed by atoms with Crippen molar-refractivity contribution in [3.63, 3.8) is 0 Å². The molecule has 29 nitrogen and oxygen atoms in total. The van der Waals surface area contributed by atoms with E-state index in [1.165, 1.54) is 5.56 Å². The molecule has 0 radical (unpaired) electrons. The maximum absolute atomic E-state index is 14.3. The lowest BCUT2D eigenvalue weighted by atomic mass is 9.81. The zero-order chi connectivity index (χ0) is 71.0. The number of fused-ring (bicyclic) bond motifs is 1. The van der Waals surface area contributed by atoms with Crippen LogP contribution < -0.4 is 37.2 Å². The summed E-state index contributed by atoms with van der Waals surface area (Å²) in [6.45, 7) is 6.98. The average Bonchev–Trinajstić information content (AvgIpc) is 0.853. The van der Waals surface area contributed by atoms with Gasteiger partial charge in [-0.1, -0.05) is 80.6 Å². The Morgan fingerprint density at radius 3 is 1.43 bits per heavy atom. The predicted octanol–water partition coefficient (Wildman–Crippen LogP) is 2.40. The molecule has 1 heterocycles. The van der Waals surface area contributed by atoms with E-state index in [9.17, 15) is 83.1 Å². The predicted molar refractivity (Wildman–Crippen MR) is 357 cm³/mol. The topological polar surface area (TPSA) is 423 Å². The first-order valence-electron chi connectivity index (χ1n) is 33.5. The highest BCUT2D eigenvalue weighted by atomic mass is 16.4. The van der Waals surface area contributed by atoms with Gasteiger partial charge < -0.3 is 67.9 Å². The number of carbonyl (C=O) groups excluding carboxylic acids is 6. The highest BCUT2D eigenvalue weighted by Crippen LogP contribution is 2.29. The van der Waals surface area contributed by atoms with E-state index in [0.717, 1.165) is 28.3 Å². The van der Waals surface area contributed by atoms with Crippen molar-refractivity contribution in [2.45, 2.75) is 141 Å². The molecule has 2 aliphatic rings. The summed E-state index contributed by atoms with van der Waals surface area (Å²) in [5.41, 5.74) is 2.84. The summed E-state index contributed by atoms with van der Waals surface area (Å²) in [5.74, 6) is -9.83. The van der Waals surface area contributed by atoms with Crippen LogP contribution in [-0.2, 0) is 65.6 Å². The van der Waals surface area contributed by atoms with Gasteiger partial charge in [0.1, 0.15) is 24.2 Å². The largest absolute Gasteiger partial charge is 0.481 e. The molecule has 0 aromatic heterocycles. The van der Waals surface area contributed by atoms with Crippen molar-refractivity contribution in [1.82, 2.24) is 56.8 Å². The van der Waals surface area contributed by atoms with Gasteiger partial charge in [-0.25, -0.2) is 14.4 Å². The Labute approximate surface area is 565 Å². The molecular formula is C68H99N11O18. The minimum atomic E-state index is -1.57. The first-order chi connectivity index (χ1) is 46.2. The summed E-state index contributed by atoms with van der Waals surface area (Å²) in [7, 11) is 0. The second kappa shape index (κ2) is 41.3. The summed E-state index contributed by atoms with van der Waals surface area (Å²) in [6.07, 6.45) is 3.53. The Bertz CT molecular complexity index is 3090. The van der Waals surface area contributed by atoms with Crippen LogP contribution in [0, 0.1) is 17.8 Å². The molecule has 2 fully saturated rings. The van der Waals surface area contributed by atoms with Gasteiger partial charge in [0, 0.05) is 90.8 Å². The van der Waals surface area contributed by atoms with Gasteiger partial charge in [0.2, 0.25) is 29.5 Å². The number of aliphatic carboxylic acids is 6. The summed E-state index contributed by atoms with van der Waals surface area (Å²) < 4.78 is 0. The molecule has 5 rings (SSSR count). The lowest BCUT2D eigenvalue weighted by Crippen LogP contribution is -2.52. The molecule has 1 saturated heterocycles. The Morgan fingerprint density at radius 1 is 0.454 bits per heavy atom. The van der Waals surface area contributed by atoms with Gasteiger partial charge in [-0.15, -0.1) is 0 Å². The van der Waals surface area contributed by atoms with Crippen molar-refractivity contribution >= 4 is 82.2 Å². The van der Waals surface area contributed by atoms with Gasteiger partial charge in [0.15, 0.2) is 0 Å². The number of hydrogen-bond donors (Lipinski definition) is 13. The van der Waals surface area contributed by atoms with Crippen molar-refractivity contribution in [2.75, 3.05) is 98.2 Å². The summed E-state index contributed by atoms with van der Waals surface area (Å²) in [6, 6.07) is 15.3. The van der Waals surface area contributed by atoms with Gasteiger partial charge in [0.05, 0.1) is 32.1 Å². The Morgan fingerprint density at radius 2 is 0.928 bits per heavy atom. The number of nitrogens with zero attached hydrogens (tertiary/aromatic N) is 4. The number of amides is 7. The molecule has 0 spiro atoms. The van der Waals surface area contributed by atoms with Crippen LogP contribution >= 0.6 is 0 Å². The number of nitrogens with one attached hydrogen (secondary N) is 7. The van der Waals surface area contributed by atoms with Crippen molar-refractivity contribution in [3.05, 3.63) is 83.4 Å². The van der Waals surface area contributed by atoms with E-state index in [2.05, 4.69) is 51.1 Å². The second-order valence-electron chi connectivity index (χ2n) is 25.8. The molecule has 534 valence electrons. The number of hydrogen-bond acceptors (Lipinski definition) is 16. The van der Waals surface area contributed by atoms with Gasteiger partial charge in [-0.2, -0.15) is 0 Å². The van der Waals surface area contributed by atoms with Crippen LogP contribution in [0.3, 0.4) is 0 Å².